The Morgan fingerprint density at radius 3 is 0.913 bits per heavy atom. The van der Waals surface area contributed by atoms with Crippen LogP contribution in [0.5, 0.6) is 0 Å². The Morgan fingerprint density at radius 1 is 0.652 bits per heavy atom. The molecule has 1 aromatic heterocycles. The van der Waals surface area contributed by atoms with Gasteiger partial charge in [-0.3, -0.25) is 0 Å². The fourth-order valence-corrected chi connectivity index (χ4v) is 1.67. The molecule has 0 unspecified atom stereocenters. The number of nitrogen functional groups attached to an aromatic ring is 3. The van der Waals surface area contributed by atoms with Crippen molar-refractivity contribution in [3.63, 3.8) is 0 Å². The monoisotopic (exact) mass is 402 g/mol. The van der Waals surface area contributed by atoms with Crippen molar-refractivity contribution in [2.45, 2.75) is 0 Å². The van der Waals surface area contributed by atoms with Gasteiger partial charge in [0.2, 0.25) is 17.8 Å². The molecule has 0 aliphatic carbocycles. The molecule has 0 saturated carbocycles. The third kappa shape index (κ3) is 26.0. The Bertz CT molecular complexity index is 555. The van der Waals surface area contributed by atoms with Gasteiger partial charge in [-0.05, 0) is 0 Å². The number of nitrogens with two attached hydrogens (primary N) is 3. The lowest BCUT2D eigenvalue weighted by Gasteiger charge is -2.03. The van der Waals surface area contributed by atoms with Crippen LogP contribution in [0.25, 0.3) is 0 Å². The highest BCUT2D eigenvalue weighted by Gasteiger charge is 2.27. The zero-order valence-corrected chi connectivity index (χ0v) is 13.4. The summed E-state index contributed by atoms with van der Waals surface area (Å²) in [7, 11) is -14.7. The van der Waals surface area contributed by atoms with Gasteiger partial charge in [-0.2, -0.15) is 19.3 Å². The SMILES string of the molecule is Nc1nc(N)nc(N)n1.O=P(O)(O)O.O=P(O)(O)OP(=O)(O)O. The van der Waals surface area contributed by atoms with Crippen molar-refractivity contribution in [3.05, 3.63) is 0 Å². The Hall–Kier alpha value is -1.22. The molecule has 0 amide bonds. The quantitative estimate of drug-likeness (QED) is 0.218. The molecular formula is C3H13N6O11P3. The topological polar surface area (TPSA) is 319 Å². The van der Waals surface area contributed by atoms with Gasteiger partial charge in [-0.15, -0.1) is 0 Å². The molecule has 1 heterocycles. The Morgan fingerprint density at radius 2 is 0.826 bits per heavy atom. The van der Waals surface area contributed by atoms with Gasteiger partial charge in [0.15, 0.2) is 0 Å². The maximum atomic E-state index is 9.63. The second-order valence-corrected chi connectivity index (χ2v) is 6.63. The molecule has 0 saturated heterocycles. The maximum absolute atomic E-state index is 9.63. The summed E-state index contributed by atoms with van der Waals surface area (Å²) in [6, 6.07) is 0. The van der Waals surface area contributed by atoms with Crippen molar-refractivity contribution >= 4 is 41.3 Å². The minimum absolute atomic E-state index is 0.0417. The number of hydrogen-bond donors (Lipinski definition) is 10. The Balaban J connectivity index is 0. The molecule has 0 bridgehead atoms. The number of phosphoric acid groups is 3. The van der Waals surface area contributed by atoms with Crippen molar-refractivity contribution < 1.29 is 52.3 Å². The molecule has 0 atom stereocenters. The zero-order valence-electron chi connectivity index (χ0n) is 10.7. The molecule has 0 aliphatic heterocycles. The van der Waals surface area contributed by atoms with Crippen molar-refractivity contribution in [1.82, 2.24) is 15.0 Å². The van der Waals surface area contributed by atoms with Gasteiger partial charge in [0.25, 0.3) is 0 Å². The van der Waals surface area contributed by atoms with Gasteiger partial charge in [0, 0.05) is 0 Å². The number of anilines is 3. The highest BCUT2D eigenvalue weighted by Crippen LogP contribution is 2.53. The van der Waals surface area contributed by atoms with Gasteiger partial charge in [0.05, 0.1) is 0 Å². The zero-order chi connectivity index (χ0) is 19.1. The molecule has 136 valence electrons. The van der Waals surface area contributed by atoms with E-state index in [1.807, 2.05) is 0 Å². The lowest BCUT2D eigenvalue weighted by atomic mass is 10.9. The van der Waals surface area contributed by atoms with Crippen LogP contribution in [0.2, 0.25) is 0 Å². The summed E-state index contributed by atoms with van der Waals surface area (Å²) in [5, 5.41) is 0. The second kappa shape index (κ2) is 9.17. The molecule has 1 aromatic rings. The number of aromatic nitrogens is 3. The smallest absolute Gasteiger partial charge is 0.368 e. The van der Waals surface area contributed by atoms with E-state index in [1.165, 1.54) is 0 Å². The van der Waals surface area contributed by atoms with Crippen molar-refractivity contribution in [1.29, 1.82) is 0 Å². The highest BCUT2D eigenvalue weighted by molar-refractivity contribution is 7.60. The van der Waals surface area contributed by atoms with Crippen molar-refractivity contribution in [2.24, 2.45) is 0 Å². The Labute approximate surface area is 126 Å². The van der Waals surface area contributed by atoms with E-state index in [1.54, 1.807) is 0 Å². The molecule has 0 fully saturated rings. The van der Waals surface area contributed by atoms with E-state index < -0.39 is 23.5 Å². The summed E-state index contributed by atoms with van der Waals surface area (Å²) in [4.78, 5) is 63.0. The fourth-order valence-electron chi connectivity index (χ4n) is 0.566. The normalized spacial score (nSPS) is 11.6. The first-order valence-electron chi connectivity index (χ1n) is 4.52. The van der Waals surface area contributed by atoms with Crippen LogP contribution < -0.4 is 17.2 Å². The molecule has 0 aliphatic rings. The van der Waals surface area contributed by atoms with Crippen LogP contribution in [0.3, 0.4) is 0 Å². The second-order valence-electron chi connectivity index (χ2n) is 2.99. The first-order chi connectivity index (χ1) is 9.89. The molecule has 0 aromatic carbocycles. The van der Waals surface area contributed by atoms with Crippen LogP contribution in [-0.2, 0) is 18.0 Å². The molecular weight excluding hydrogens is 389 g/mol. The lowest BCUT2D eigenvalue weighted by Crippen LogP contribution is -2.05. The summed E-state index contributed by atoms with van der Waals surface area (Å²) in [5.41, 5.74) is 15.4. The van der Waals surface area contributed by atoms with Crippen molar-refractivity contribution in [2.75, 3.05) is 17.2 Å². The molecule has 23 heavy (non-hydrogen) atoms. The Kier molecular flexibility index (Phi) is 9.58. The molecule has 13 N–H and O–H groups in total. The third-order valence-electron chi connectivity index (χ3n) is 0.900. The average Bonchev–Trinajstić information content (AvgIpc) is 2.04. The largest absolute Gasteiger partial charge is 0.478 e. The highest BCUT2D eigenvalue weighted by atomic mass is 31.3. The van der Waals surface area contributed by atoms with Crippen LogP contribution in [0.15, 0.2) is 0 Å². The van der Waals surface area contributed by atoms with E-state index >= 15 is 0 Å². The standard InChI is InChI=1S/C3H6N6.H4O7P2.H3O4P/c4-1-7-2(5)9-3(6)8-1;1-8(2,3)7-9(4,5)6;1-5(2,3)4/h(H6,4,5,6,7,8,9);(H2,1,2,3)(H2,4,5,6);(H3,1,2,3,4). The molecule has 17 nitrogen and oxygen atoms in total. The van der Waals surface area contributed by atoms with Crippen LogP contribution >= 0.6 is 23.5 Å². The van der Waals surface area contributed by atoms with Crippen LogP contribution in [0, 0.1) is 0 Å². The third-order valence-corrected chi connectivity index (χ3v) is 2.60. The molecule has 1 rings (SSSR count). The first kappa shape index (κ1) is 24.0. The fraction of sp³-hybridized carbons (Fsp3) is 0. The van der Waals surface area contributed by atoms with Gasteiger partial charge in [-0.25, -0.2) is 13.7 Å². The predicted octanol–water partition coefficient (Wildman–Crippen LogP) is -3.12. The number of nitrogens with zero attached hydrogens (tertiary/aromatic N) is 3. The van der Waals surface area contributed by atoms with E-state index in [-0.39, 0.29) is 17.8 Å². The predicted molar refractivity (Wildman–Crippen MR) is 72.5 cm³/mol. The van der Waals surface area contributed by atoms with E-state index in [0.717, 1.165) is 0 Å². The average molecular weight is 402 g/mol. The van der Waals surface area contributed by atoms with E-state index in [2.05, 4.69) is 19.3 Å². The van der Waals surface area contributed by atoms with Crippen LogP contribution in [0.4, 0.5) is 17.8 Å². The van der Waals surface area contributed by atoms with Gasteiger partial charge in [0.1, 0.15) is 0 Å². The van der Waals surface area contributed by atoms with E-state index in [0.29, 0.717) is 0 Å². The van der Waals surface area contributed by atoms with Crippen LogP contribution in [-0.4, -0.2) is 49.2 Å². The number of rotatable bonds is 2. The number of hydrogen-bond acceptors (Lipinski definition) is 10. The van der Waals surface area contributed by atoms with E-state index in [9.17, 15) is 9.13 Å². The summed E-state index contributed by atoms with van der Waals surface area (Å²) in [6.07, 6.45) is 0. The van der Waals surface area contributed by atoms with Gasteiger partial charge in [-0.1, -0.05) is 0 Å². The molecule has 0 spiro atoms. The van der Waals surface area contributed by atoms with Crippen molar-refractivity contribution in [3.8, 4) is 0 Å². The van der Waals surface area contributed by atoms with E-state index in [4.69, 9.17) is 56.0 Å². The summed E-state index contributed by atoms with van der Waals surface area (Å²) < 4.78 is 31.1. The lowest BCUT2D eigenvalue weighted by molar-refractivity contribution is 0.225. The first-order valence-corrected chi connectivity index (χ1v) is 9.15. The minimum atomic E-state index is -5.05. The van der Waals surface area contributed by atoms with Gasteiger partial charge < -0.3 is 51.5 Å². The van der Waals surface area contributed by atoms with Gasteiger partial charge >= 0.3 is 23.5 Å². The minimum Gasteiger partial charge on any atom is -0.368 e. The molecule has 0 radical (unpaired) electrons. The summed E-state index contributed by atoms with van der Waals surface area (Å²) in [6.45, 7) is 0. The molecule has 20 heteroatoms. The van der Waals surface area contributed by atoms with Crippen LogP contribution in [0.1, 0.15) is 0 Å². The summed E-state index contributed by atoms with van der Waals surface area (Å²) >= 11 is 0. The summed E-state index contributed by atoms with van der Waals surface area (Å²) in [5.74, 6) is 0.125. The maximum Gasteiger partial charge on any atom is 0.478 e.